The predicted octanol–water partition coefficient (Wildman–Crippen LogP) is 2.33. The molecule has 0 atom stereocenters. The fourth-order valence-electron chi connectivity index (χ4n) is 1.76. The third kappa shape index (κ3) is 2.93. The van der Waals surface area contributed by atoms with Gasteiger partial charge in [0.15, 0.2) is 0 Å². The Morgan fingerprint density at radius 2 is 2.05 bits per heavy atom. The van der Waals surface area contributed by atoms with Crippen LogP contribution in [0, 0.1) is 17.1 Å². The lowest BCUT2D eigenvalue weighted by Gasteiger charge is -2.08. The van der Waals surface area contributed by atoms with Gasteiger partial charge in [-0.3, -0.25) is 4.79 Å². The minimum Gasteiger partial charge on any atom is -0.507 e. The molecule has 2 rings (SSSR count). The number of phenolic OH excluding ortho intramolecular Hbond substituents is 1. The molecule has 2 aromatic carbocycles. The summed E-state index contributed by atoms with van der Waals surface area (Å²) in [6.07, 6.45) is 0. The first-order chi connectivity index (χ1) is 9.61. The molecule has 0 saturated carbocycles. The van der Waals surface area contributed by atoms with Gasteiger partial charge < -0.3 is 10.4 Å². The summed E-state index contributed by atoms with van der Waals surface area (Å²) in [6.45, 7) is 0.141. The van der Waals surface area contributed by atoms with Gasteiger partial charge in [-0.05, 0) is 29.8 Å². The fourth-order valence-corrected chi connectivity index (χ4v) is 1.76. The lowest BCUT2D eigenvalue weighted by Crippen LogP contribution is -2.24. The van der Waals surface area contributed by atoms with Crippen molar-refractivity contribution >= 4 is 5.91 Å². The number of aromatic hydroxyl groups is 1. The van der Waals surface area contributed by atoms with Gasteiger partial charge in [0.05, 0.1) is 11.6 Å². The first-order valence-corrected chi connectivity index (χ1v) is 5.86. The zero-order valence-corrected chi connectivity index (χ0v) is 10.4. The Kier molecular flexibility index (Phi) is 3.96. The molecular formula is C15H11FN2O2. The van der Waals surface area contributed by atoms with Crippen LogP contribution in [0.4, 0.5) is 4.39 Å². The van der Waals surface area contributed by atoms with Gasteiger partial charge in [0.2, 0.25) is 0 Å². The third-order valence-electron chi connectivity index (χ3n) is 2.73. The molecule has 2 aromatic rings. The molecule has 0 aliphatic rings. The number of phenols is 1. The van der Waals surface area contributed by atoms with Crippen LogP contribution in [0.15, 0.2) is 42.5 Å². The van der Waals surface area contributed by atoms with Gasteiger partial charge in [0.25, 0.3) is 5.91 Å². The van der Waals surface area contributed by atoms with Gasteiger partial charge >= 0.3 is 0 Å². The molecule has 0 fully saturated rings. The average Bonchev–Trinajstić information content (AvgIpc) is 2.45. The topological polar surface area (TPSA) is 73.1 Å². The number of benzene rings is 2. The highest BCUT2D eigenvalue weighted by molar-refractivity contribution is 5.97. The minimum atomic E-state index is -0.784. The Hall–Kier alpha value is -2.87. The number of amides is 1. The highest BCUT2D eigenvalue weighted by Gasteiger charge is 2.15. The second kappa shape index (κ2) is 5.85. The summed E-state index contributed by atoms with van der Waals surface area (Å²) in [4.78, 5) is 11.8. The van der Waals surface area contributed by atoms with Gasteiger partial charge in [-0.15, -0.1) is 0 Å². The molecule has 0 aliphatic heterocycles. The van der Waals surface area contributed by atoms with Crippen molar-refractivity contribution in [1.29, 1.82) is 5.26 Å². The number of hydrogen-bond donors (Lipinski definition) is 2. The molecule has 0 aliphatic carbocycles. The van der Waals surface area contributed by atoms with Crippen LogP contribution < -0.4 is 5.32 Å². The van der Waals surface area contributed by atoms with Gasteiger partial charge in [-0.25, -0.2) is 4.39 Å². The van der Waals surface area contributed by atoms with E-state index in [9.17, 15) is 14.3 Å². The first-order valence-electron chi connectivity index (χ1n) is 5.86. The highest BCUT2D eigenvalue weighted by Crippen LogP contribution is 2.19. The Morgan fingerprint density at radius 3 is 2.75 bits per heavy atom. The van der Waals surface area contributed by atoms with Crippen LogP contribution in [0.1, 0.15) is 21.5 Å². The van der Waals surface area contributed by atoms with E-state index in [2.05, 4.69) is 5.32 Å². The maximum Gasteiger partial charge on any atom is 0.258 e. The number of nitriles is 1. The molecule has 0 bridgehead atoms. The van der Waals surface area contributed by atoms with Crippen molar-refractivity contribution in [3.63, 3.8) is 0 Å². The molecule has 0 radical (unpaired) electrons. The van der Waals surface area contributed by atoms with E-state index in [0.717, 1.165) is 6.07 Å². The van der Waals surface area contributed by atoms with Crippen LogP contribution in [0.5, 0.6) is 5.75 Å². The first kappa shape index (κ1) is 13.6. The number of carbonyl (C=O) groups excluding carboxylic acids is 1. The lowest BCUT2D eigenvalue weighted by molar-refractivity contribution is 0.0944. The number of carbonyl (C=O) groups is 1. The monoisotopic (exact) mass is 270 g/mol. The second-order valence-corrected chi connectivity index (χ2v) is 4.13. The molecule has 20 heavy (non-hydrogen) atoms. The summed E-state index contributed by atoms with van der Waals surface area (Å²) in [5.74, 6) is -1.90. The van der Waals surface area contributed by atoms with E-state index in [1.807, 2.05) is 6.07 Å². The summed E-state index contributed by atoms with van der Waals surface area (Å²) >= 11 is 0. The number of halogens is 1. The highest BCUT2D eigenvalue weighted by atomic mass is 19.1. The van der Waals surface area contributed by atoms with Crippen molar-refractivity contribution in [2.45, 2.75) is 6.54 Å². The maximum absolute atomic E-state index is 13.5. The number of nitrogens with one attached hydrogen (secondary N) is 1. The molecule has 2 N–H and O–H groups in total. The van der Waals surface area contributed by atoms with Crippen molar-refractivity contribution in [2.24, 2.45) is 0 Å². The van der Waals surface area contributed by atoms with E-state index in [1.54, 1.807) is 24.3 Å². The predicted molar refractivity (Wildman–Crippen MR) is 70.4 cm³/mol. The Bertz CT molecular complexity index is 672. The van der Waals surface area contributed by atoms with Crippen molar-refractivity contribution in [1.82, 2.24) is 5.32 Å². The summed E-state index contributed by atoms with van der Waals surface area (Å²) in [6, 6.07) is 12.4. The molecule has 0 saturated heterocycles. The molecule has 0 unspecified atom stereocenters. The standard InChI is InChI=1S/C15H11FN2O2/c16-12-5-2-6-13(19)14(12)15(20)18-9-11-4-1-3-10(7-11)8-17/h1-7,19H,9H2,(H,18,20). The molecule has 1 amide bonds. The third-order valence-corrected chi connectivity index (χ3v) is 2.73. The van der Waals surface area contributed by atoms with E-state index >= 15 is 0 Å². The van der Waals surface area contributed by atoms with Crippen molar-refractivity contribution in [3.8, 4) is 11.8 Å². The minimum absolute atomic E-state index is 0.141. The van der Waals surface area contributed by atoms with Crippen LogP contribution in [0.2, 0.25) is 0 Å². The van der Waals surface area contributed by atoms with Crippen LogP contribution >= 0.6 is 0 Å². The Labute approximate surface area is 115 Å². The molecule has 100 valence electrons. The summed E-state index contributed by atoms with van der Waals surface area (Å²) in [5, 5.41) is 20.8. The molecular weight excluding hydrogens is 259 g/mol. The van der Waals surface area contributed by atoms with Gasteiger partial charge in [-0.2, -0.15) is 5.26 Å². The van der Waals surface area contributed by atoms with E-state index in [4.69, 9.17) is 5.26 Å². The normalized spacial score (nSPS) is 9.80. The second-order valence-electron chi connectivity index (χ2n) is 4.13. The van der Waals surface area contributed by atoms with Crippen LogP contribution in [0.3, 0.4) is 0 Å². The summed E-state index contributed by atoms with van der Waals surface area (Å²) < 4.78 is 13.5. The van der Waals surface area contributed by atoms with Crippen molar-refractivity contribution in [2.75, 3.05) is 0 Å². The van der Waals surface area contributed by atoms with Crippen LogP contribution in [-0.4, -0.2) is 11.0 Å². The van der Waals surface area contributed by atoms with Crippen molar-refractivity contribution in [3.05, 3.63) is 65.0 Å². The quantitative estimate of drug-likeness (QED) is 0.899. The molecule has 5 heteroatoms. The molecule has 4 nitrogen and oxygen atoms in total. The fraction of sp³-hybridized carbons (Fsp3) is 0.0667. The number of rotatable bonds is 3. The van der Waals surface area contributed by atoms with E-state index in [1.165, 1.54) is 12.1 Å². The molecule has 0 heterocycles. The Morgan fingerprint density at radius 1 is 1.30 bits per heavy atom. The SMILES string of the molecule is N#Cc1cccc(CNC(=O)c2c(O)cccc2F)c1. The molecule has 0 spiro atoms. The van der Waals surface area contributed by atoms with Crippen LogP contribution in [0.25, 0.3) is 0 Å². The smallest absolute Gasteiger partial charge is 0.258 e. The van der Waals surface area contributed by atoms with E-state index in [-0.39, 0.29) is 12.1 Å². The zero-order chi connectivity index (χ0) is 14.5. The van der Waals surface area contributed by atoms with E-state index in [0.29, 0.717) is 11.1 Å². The van der Waals surface area contributed by atoms with Crippen LogP contribution in [-0.2, 0) is 6.54 Å². The number of hydrogen-bond acceptors (Lipinski definition) is 3. The zero-order valence-electron chi connectivity index (χ0n) is 10.4. The average molecular weight is 270 g/mol. The maximum atomic E-state index is 13.5. The van der Waals surface area contributed by atoms with E-state index < -0.39 is 17.5 Å². The number of nitrogens with zero attached hydrogens (tertiary/aromatic N) is 1. The summed E-state index contributed by atoms with van der Waals surface area (Å²) in [7, 11) is 0. The van der Waals surface area contributed by atoms with Gasteiger partial charge in [0.1, 0.15) is 17.1 Å². The summed E-state index contributed by atoms with van der Waals surface area (Å²) in [5.41, 5.74) is 0.808. The Balaban J connectivity index is 2.11. The van der Waals surface area contributed by atoms with Gasteiger partial charge in [0, 0.05) is 6.54 Å². The largest absolute Gasteiger partial charge is 0.507 e. The molecule has 0 aromatic heterocycles. The lowest BCUT2D eigenvalue weighted by atomic mass is 10.1. The van der Waals surface area contributed by atoms with Crippen molar-refractivity contribution < 1.29 is 14.3 Å². The van der Waals surface area contributed by atoms with Gasteiger partial charge in [-0.1, -0.05) is 18.2 Å².